The van der Waals surface area contributed by atoms with Crippen molar-refractivity contribution in [3.63, 3.8) is 0 Å². The van der Waals surface area contributed by atoms with E-state index in [1.54, 1.807) is 5.32 Å². The first-order valence-electron chi connectivity index (χ1n) is 5.58. The van der Waals surface area contributed by atoms with Gasteiger partial charge in [-0.15, -0.1) is 0 Å². The summed E-state index contributed by atoms with van der Waals surface area (Å²) in [5.41, 5.74) is -0.318. The number of methoxy groups -OCH3 is 1. The molecule has 1 atom stereocenters. The average Bonchev–Trinajstić information content (AvgIpc) is 2.36. The zero-order chi connectivity index (χ0) is 16.2. The van der Waals surface area contributed by atoms with Crippen molar-refractivity contribution >= 4 is 11.9 Å². The standard InChI is InChI=1S/C12H11F4NO4/c1-21-9-3-2-6(4-7(9)13)10(18)17-8(11(19)20)5-12(14,15)16/h2-4,8H,5H2,1H3,(H,17,18)(H,19,20). The molecule has 0 aromatic heterocycles. The lowest BCUT2D eigenvalue weighted by Gasteiger charge is -2.16. The van der Waals surface area contributed by atoms with E-state index in [2.05, 4.69) is 4.74 Å². The van der Waals surface area contributed by atoms with Crippen LogP contribution >= 0.6 is 0 Å². The maximum Gasteiger partial charge on any atom is 0.391 e. The minimum absolute atomic E-state index is 0.156. The maximum atomic E-state index is 13.4. The molecule has 116 valence electrons. The minimum Gasteiger partial charge on any atom is -0.494 e. The van der Waals surface area contributed by atoms with Gasteiger partial charge in [-0.3, -0.25) is 4.79 Å². The lowest BCUT2D eigenvalue weighted by molar-refractivity contribution is -0.157. The number of hydrogen-bond donors (Lipinski definition) is 2. The molecule has 2 N–H and O–H groups in total. The number of carbonyl (C=O) groups excluding carboxylic acids is 1. The van der Waals surface area contributed by atoms with E-state index in [4.69, 9.17) is 5.11 Å². The Morgan fingerprint density at radius 1 is 1.38 bits per heavy atom. The molecule has 21 heavy (non-hydrogen) atoms. The summed E-state index contributed by atoms with van der Waals surface area (Å²) >= 11 is 0. The molecule has 0 radical (unpaired) electrons. The zero-order valence-corrected chi connectivity index (χ0v) is 10.7. The van der Waals surface area contributed by atoms with Crippen molar-refractivity contribution in [2.75, 3.05) is 7.11 Å². The molecule has 1 aromatic carbocycles. The Kier molecular flexibility index (Phi) is 5.12. The van der Waals surface area contributed by atoms with Crippen LogP contribution in [0.15, 0.2) is 18.2 Å². The van der Waals surface area contributed by atoms with Gasteiger partial charge in [0.15, 0.2) is 11.6 Å². The molecule has 1 amide bonds. The molecule has 0 aliphatic heterocycles. The molecule has 5 nitrogen and oxygen atoms in total. The summed E-state index contributed by atoms with van der Waals surface area (Å²) in [6, 6.07) is 0.788. The van der Waals surface area contributed by atoms with Gasteiger partial charge in [0.1, 0.15) is 6.04 Å². The molecular formula is C12H11F4NO4. The van der Waals surface area contributed by atoms with Gasteiger partial charge in [-0.1, -0.05) is 0 Å². The third kappa shape index (κ3) is 4.93. The smallest absolute Gasteiger partial charge is 0.391 e. The summed E-state index contributed by atoms with van der Waals surface area (Å²) in [6.45, 7) is 0. The van der Waals surface area contributed by atoms with Gasteiger partial charge in [0, 0.05) is 5.56 Å². The number of amides is 1. The largest absolute Gasteiger partial charge is 0.494 e. The number of alkyl halides is 3. The van der Waals surface area contributed by atoms with Gasteiger partial charge in [-0.25, -0.2) is 9.18 Å². The summed E-state index contributed by atoms with van der Waals surface area (Å²) in [5, 5.41) is 10.3. The molecule has 0 heterocycles. The van der Waals surface area contributed by atoms with Gasteiger partial charge >= 0.3 is 12.1 Å². The highest BCUT2D eigenvalue weighted by atomic mass is 19.4. The normalized spacial score (nSPS) is 12.6. The van der Waals surface area contributed by atoms with E-state index in [0.717, 1.165) is 18.2 Å². The minimum atomic E-state index is -4.76. The summed E-state index contributed by atoms with van der Waals surface area (Å²) in [6.07, 6.45) is -6.49. The van der Waals surface area contributed by atoms with Crippen LogP contribution in [0.5, 0.6) is 5.75 Å². The van der Waals surface area contributed by atoms with Crippen molar-refractivity contribution in [3.05, 3.63) is 29.6 Å². The summed E-state index contributed by atoms with van der Waals surface area (Å²) < 4.78 is 54.6. The molecule has 1 aromatic rings. The first-order chi connectivity index (χ1) is 9.64. The van der Waals surface area contributed by atoms with Crippen LogP contribution in [-0.2, 0) is 4.79 Å². The fourth-order valence-electron chi connectivity index (χ4n) is 1.48. The summed E-state index contributed by atoms with van der Waals surface area (Å²) in [5.74, 6) is -4.02. The summed E-state index contributed by atoms with van der Waals surface area (Å²) in [4.78, 5) is 22.4. The van der Waals surface area contributed by atoms with Gasteiger partial charge in [0.05, 0.1) is 13.5 Å². The molecule has 1 rings (SSSR count). The van der Waals surface area contributed by atoms with Crippen molar-refractivity contribution in [3.8, 4) is 5.75 Å². The first-order valence-corrected chi connectivity index (χ1v) is 5.58. The molecule has 0 saturated carbocycles. The first kappa shape index (κ1) is 16.7. The van der Waals surface area contributed by atoms with E-state index in [0.29, 0.717) is 0 Å². The van der Waals surface area contributed by atoms with E-state index in [1.807, 2.05) is 0 Å². The molecule has 0 aliphatic carbocycles. The molecule has 9 heteroatoms. The fraction of sp³-hybridized carbons (Fsp3) is 0.333. The van der Waals surface area contributed by atoms with Crippen LogP contribution in [0, 0.1) is 5.82 Å². The van der Waals surface area contributed by atoms with Crippen LogP contribution in [0.4, 0.5) is 17.6 Å². The van der Waals surface area contributed by atoms with Crippen LogP contribution in [-0.4, -0.2) is 36.3 Å². The second-order valence-electron chi connectivity index (χ2n) is 4.03. The van der Waals surface area contributed by atoms with Crippen LogP contribution in [0.1, 0.15) is 16.8 Å². The van der Waals surface area contributed by atoms with E-state index in [-0.39, 0.29) is 11.3 Å². The Bertz CT molecular complexity index is 545. The van der Waals surface area contributed by atoms with Gasteiger partial charge in [-0.05, 0) is 18.2 Å². The lowest BCUT2D eigenvalue weighted by atomic mass is 10.1. The van der Waals surface area contributed by atoms with Crippen LogP contribution in [0.3, 0.4) is 0 Å². The van der Waals surface area contributed by atoms with Crippen LogP contribution in [0.25, 0.3) is 0 Å². The molecule has 0 fully saturated rings. The van der Waals surface area contributed by atoms with Gasteiger partial charge < -0.3 is 15.2 Å². The van der Waals surface area contributed by atoms with E-state index >= 15 is 0 Å². The number of carboxylic acid groups (broad SMARTS) is 1. The number of benzene rings is 1. The van der Waals surface area contributed by atoms with E-state index < -0.39 is 36.3 Å². The number of carboxylic acids is 1. The maximum absolute atomic E-state index is 13.4. The Morgan fingerprint density at radius 3 is 2.43 bits per heavy atom. The highest BCUT2D eigenvalue weighted by molar-refractivity contribution is 5.96. The van der Waals surface area contributed by atoms with Crippen molar-refractivity contribution in [1.29, 1.82) is 0 Å². The highest BCUT2D eigenvalue weighted by Gasteiger charge is 2.36. The van der Waals surface area contributed by atoms with Gasteiger partial charge in [0.2, 0.25) is 0 Å². The van der Waals surface area contributed by atoms with Crippen LogP contribution in [0.2, 0.25) is 0 Å². The highest BCUT2D eigenvalue weighted by Crippen LogP contribution is 2.22. The molecule has 1 unspecified atom stereocenters. The molecular weight excluding hydrogens is 298 g/mol. The predicted molar refractivity (Wildman–Crippen MR) is 62.5 cm³/mol. The number of rotatable bonds is 5. The third-order valence-electron chi connectivity index (χ3n) is 2.45. The predicted octanol–water partition coefficient (Wildman–Crippen LogP) is 1.97. The Morgan fingerprint density at radius 2 is 2.00 bits per heavy atom. The Labute approximate surface area is 116 Å². The SMILES string of the molecule is COc1ccc(C(=O)NC(CC(F)(F)F)C(=O)O)cc1F. The van der Waals surface area contributed by atoms with Crippen molar-refractivity contribution in [2.45, 2.75) is 18.6 Å². The molecule has 0 bridgehead atoms. The van der Waals surface area contributed by atoms with Crippen molar-refractivity contribution < 1.29 is 37.0 Å². The number of halogens is 4. The lowest BCUT2D eigenvalue weighted by Crippen LogP contribution is -2.43. The van der Waals surface area contributed by atoms with Crippen LogP contribution < -0.4 is 10.1 Å². The zero-order valence-electron chi connectivity index (χ0n) is 10.7. The number of aliphatic carboxylic acids is 1. The number of ether oxygens (including phenoxy) is 1. The third-order valence-corrected chi connectivity index (χ3v) is 2.45. The van der Waals surface area contributed by atoms with E-state index in [1.165, 1.54) is 7.11 Å². The second kappa shape index (κ2) is 6.42. The van der Waals surface area contributed by atoms with Crippen molar-refractivity contribution in [2.24, 2.45) is 0 Å². The Hall–Kier alpha value is -2.32. The number of nitrogens with one attached hydrogen (secondary N) is 1. The van der Waals surface area contributed by atoms with Crippen molar-refractivity contribution in [1.82, 2.24) is 5.32 Å². The Balaban J connectivity index is 2.87. The van der Waals surface area contributed by atoms with Gasteiger partial charge in [0.25, 0.3) is 5.91 Å². The molecule has 0 aliphatic rings. The topological polar surface area (TPSA) is 75.6 Å². The van der Waals surface area contributed by atoms with Gasteiger partial charge in [-0.2, -0.15) is 13.2 Å². The molecule has 0 saturated heterocycles. The average molecular weight is 309 g/mol. The number of hydrogen-bond acceptors (Lipinski definition) is 3. The fourth-order valence-corrected chi connectivity index (χ4v) is 1.48. The monoisotopic (exact) mass is 309 g/mol. The van der Waals surface area contributed by atoms with E-state index in [9.17, 15) is 27.2 Å². The second-order valence-corrected chi connectivity index (χ2v) is 4.03. The number of carbonyl (C=O) groups is 2. The quantitative estimate of drug-likeness (QED) is 0.815. The molecule has 0 spiro atoms. The summed E-state index contributed by atoms with van der Waals surface area (Å²) in [7, 11) is 1.20.